The number of ether oxygens (including phenoxy) is 1. The molecule has 0 spiro atoms. The van der Waals surface area contributed by atoms with Crippen molar-refractivity contribution in [3.05, 3.63) is 114 Å². The summed E-state index contributed by atoms with van der Waals surface area (Å²) in [5.74, 6) is -0.331. The molecule has 0 saturated heterocycles. The molecule has 2 heterocycles. The zero-order valence-corrected chi connectivity index (χ0v) is 20.2. The van der Waals surface area contributed by atoms with Crippen LogP contribution in [-0.2, 0) is 4.74 Å². The number of rotatable bonds is 6. The highest BCUT2D eigenvalue weighted by molar-refractivity contribution is 6.30. The Bertz CT molecular complexity index is 1470. The first kappa shape index (κ1) is 22.7. The van der Waals surface area contributed by atoms with Crippen molar-refractivity contribution in [3.63, 3.8) is 0 Å². The lowest BCUT2D eigenvalue weighted by Crippen LogP contribution is -2.06. The van der Waals surface area contributed by atoms with Gasteiger partial charge in [-0.25, -0.2) is 9.78 Å². The lowest BCUT2D eigenvalue weighted by atomic mass is 10.1. The first-order valence-electron chi connectivity index (χ1n) is 11.4. The average molecular weight is 482 g/mol. The molecule has 5 aromatic rings. The molecule has 3 aromatic carbocycles. The Morgan fingerprint density at radius 3 is 2.29 bits per heavy atom. The van der Waals surface area contributed by atoms with Gasteiger partial charge < -0.3 is 13.9 Å². The van der Waals surface area contributed by atoms with E-state index in [-0.39, 0.29) is 5.97 Å². The molecular formula is C29H24ClN3O2. The fourth-order valence-corrected chi connectivity index (χ4v) is 4.31. The van der Waals surface area contributed by atoms with E-state index in [0.29, 0.717) is 17.2 Å². The summed E-state index contributed by atoms with van der Waals surface area (Å²) in [6, 6.07) is 27.7. The van der Waals surface area contributed by atoms with Crippen LogP contribution in [0.2, 0.25) is 5.02 Å². The maximum absolute atomic E-state index is 12.6. The molecule has 0 atom stereocenters. The Labute approximate surface area is 209 Å². The molecular weight excluding hydrogens is 458 g/mol. The molecule has 35 heavy (non-hydrogen) atoms. The zero-order valence-electron chi connectivity index (χ0n) is 19.5. The second-order valence-corrected chi connectivity index (χ2v) is 8.58. The number of carbonyl (C=O) groups excluding carboxylic acids is 1. The van der Waals surface area contributed by atoms with Crippen LogP contribution in [0.15, 0.2) is 97.5 Å². The molecule has 5 nitrogen and oxygen atoms in total. The van der Waals surface area contributed by atoms with Crippen molar-refractivity contribution in [2.75, 3.05) is 6.61 Å². The van der Waals surface area contributed by atoms with E-state index in [9.17, 15) is 4.79 Å². The van der Waals surface area contributed by atoms with E-state index >= 15 is 0 Å². The molecule has 0 saturated carbocycles. The van der Waals surface area contributed by atoms with Crippen LogP contribution in [0.25, 0.3) is 33.9 Å². The predicted octanol–water partition coefficient (Wildman–Crippen LogP) is 7.14. The minimum absolute atomic E-state index is 0.323. The van der Waals surface area contributed by atoms with Crippen LogP contribution in [0.1, 0.15) is 23.0 Å². The highest BCUT2D eigenvalue weighted by Gasteiger charge is 2.20. The molecule has 6 heteroatoms. The standard InChI is InChI=1S/C29H24ClN3O2/c1-3-35-29(34)26-17-28(22-9-13-23(30)14-10-22)33(20(26)2)25-15-11-21(12-16-25)27-18-32(19-31-27)24-7-5-4-6-8-24/h4-19H,3H2,1-2H3. The summed E-state index contributed by atoms with van der Waals surface area (Å²) in [5.41, 5.74) is 7.10. The Kier molecular flexibility index (Phi) is 6.25. The monoisotopic (exact) mass is 481 g/mol. The minimum atomic E-state index is -0.331. The number of carbonyl (C=O) groups is 1. The first-order valence-corrected chi connectivity index (χ1v) is 11.8. The summed E-state index contributed by atoms with van der Waals surface area (Å²) in [5, 5.41) is 0.661. The van der Waals surface area contributed by atoms with Crippen LogP contribution >= 0.6 is 11.6 Å². The topological polar surface area (TPSA) is 49.0 Å². The summed E-state index contributed by atoms with van der Waals surface area (Å²) in [4.78, 5) is 17.2. The smallest absolute Gasteiger partial charge is 0.339 e. The molecule has 0 N–H and O–H groups in total. The van der Waals surface area contributed by atoms with Gasteiger partial charge in [-0.2, -0.15) is 0 Å². The molecule has 2 aromatic heterocycles. The van der Waals surface area contributed by atoms with Gasteiger partial charge >= 0.3 is 5.97 Å². The van der Waals surface area contributed by atoms with Crippen LogP contribution in [0, 0.1) is 6.92 Å². The lowest BCUT2D eigenvalue weighted by Gasteiger charge is -2.13. The molecule has 0 amide bonds. The summed E-state index contributed by atoms with van der Waals surface area (Å²) < 4.78 is 9.37. The molecule has 0 unspecified atom stereocenters. The maximum Gasteiger partial charge on any atom is 0.339 e. The van der Waals surface area contributed by atoms with Crippen molar-refractivity contribution in [1.82, 2.24) is 14.1 Å². The van der Waals surface area contributed by atoms with Gasteiger partial charge in [-0.05, 0) is 61.9 Å². The molecule has 0 bridgehead atoms. The summed E-state index contributed by atoms with van der Waals surface area (Å²) in [6.07, 6.45) is 3.84. The number of esters is 1. The maximum atomic E-state index is 12.6. The van der Waals surface area contributed by atoms with E-state index in [2.05, 4.69) is 9.55 Å². The highest BCUT2D eigenvalue weighted by atomic mass is 35.5. The van der Waals surface area contributed by atoms with E-state index in [4.69, 9.17) is 16.3 Å². The molecule has 0 fully saturated rings. The second-order valence-electron chi connectivity index (χ2n) is 8.14. The largest absolute Gasteiger partial charge is 0.462 e. The number of para-hydroxylation sites is 1. The normalized spacial score (nSPS) is 10.9. The molecule has 0 radical (unpaired) electrons. The van der Waals surface area contributed by atoms with E-state index < -0.39 is 0 Å². The fourth-order valence-electron chi connectivity index (χ4n) is 4.18. The molecule has 0 aliphatic heterocycles. The first-order chi connectivity index (χ1) is 17.0. The molecule has 0 aliphatic rings. The number of imidazole rings is 1. The van der Waals surface area contributed by atoms with Crippen molar-refractivity contribution in [2.45, 2.75) is 13.8 Å². The molecule has 0 aliphatic carbocycles. The quantitative estimate of drug-likeness (QED) is 0.242. The average Bonchev–Trinajstić information content (AvgIpc) is 3.51. The molecule has 174 valence electrons. The number of aromatic nitrogens is 3. The highest BCUT2D eigenvalue weighted by Crippen LogP contribution is 2.32. The van der Waals surface area contributed by atoms with E-state index in [1.165, 1.54) is 0 Å². The van der Waals surface area contributed by atoms with Gasteiger partial charge in [0.2, 0.25) is 0 Å². The van der Waals surface area contributed by atoms with Gasteiger partial charge in [-0.15, -0.1) is 0 Å². The van der Waals surface area contributed by atoms with Crippen molar-refractivity contribution in [1.29, 1.82) is 0 Å². The third-order valence-corrected chi connectivity index (χ3v) is 6.19. The molecule has 5 rings (SSSR count). The number of hydrogen-bond donors (Lipinski definition) is 0. The second kappa shape index (κ2) is 9.65. The predicted molar refractivity (Wildman–Crippen MR) is 139 cm³/mol. The number of halogens is 1. The van der Waals surface area contributed by atoms with Crippen molar-refractivity contribution in [2.24, 2.45) is 0 Å². The zero-order chi connectivity index (χ0) is 24.4. The van der Waals surface area contributed by atoms with Gasteiger partial charge in [0.1, 0.15) is 0 Å². The summed E-state index contributed by atoms with van der Waals surface area (Å²) >= 11 is 6.11. The van der Waals surface area contributed by atoms with Gasteiger partial charge in [0, 0.05) is 33.9 Å². The van der Waals surface area contributed by atoms with Gasteiger partial charge in [-0.3, -0.25) is 0 Å². The summed E-state index contributed by atoms with van der Waals surface area (Å²) in [7, 11) is 0. The van der Waals surface area contributed by atoms with Gasteiger partial charge in [-0.1, -0.05) is 54.1 Å². The van der Waals surface area contributed by atoms with Gasteiger partial charge in [0.15, 0.2) is 0 Å². The summed E-state index contributed by atoms with van der Waals surface area (Å²) in [6.45, 7) is 4.06. The minimum Gasteiger partial charge on any atom is -0.462 e. The lowest BCUT2D eigenvalue weighted by molar-refractivity contribution is 0.0525. The van der Waals surface area contributed by atoms with Crippen LogP contribution in [0.5, 0.6) is 0 Å². The third kappa shape index (κ3) is 4.51. The van der Waals surface area contributed by atoms with Gasteiger partial charge in [0.05, 0.1) is 29.9 Å². The van der Waals surface area contributed by atoms with Crippen LogP contribution < -0.4 is 0 Å². The Balaban J connectivity index is 1.54. The Morgan fingerprint density at radius 2 is 1.60 bits per heavy atom. The fraction of sp³-hybridized carbons (Fsp3) is 0.103. The Morgan fingerprint density at radius 1 is 0.914 bits per heavy atom. The Hall–Kier alpha value is -4.09. The third-order valence-electron chi connectivity index (χ3n) is 5.94. The van der Waals surface area contributed by atoms with E-state index in [1.807, 2.05) is 116 Å². The van der Waals surface area contributed by atoms with E-state index in [0.717, 1.165) is 39.6 Å². The van der Waals surface area contributed by atoms with Crippen LogP contribution in [-0.4, -0.2) is 26.7 Å². The van der Waals surface area contributed by atoms with Crippen LogP contribution in [0.4, 0.5) is 0 Å². The van der Waals surface area contributed by atoms with E-state index in [1.54, 1.807) is 0 Å². The van der Waals surface area contributed by atoms with Crippen molar-refractivity contribution in [3.8, 4) is 33.9 Å². The number of benzene rings is 3. The van der Waals surface area contributed by atoms with Crippen molar-refractivity contribution < 1.29 is 9.53 Å². The number of hydrogen-bond acceptors (Lipinski definition) is 3. The van der Waals surface area contributed by atoms with Gasteiger partial charge in [0.25, 0.3) is 0 Å². The SMILES string of the molecule is CCOC(=O)c1cc(-c2ccc(Cl)cc2)n(-c2ccc(-c3cn(-c4ccccc4)cn3)cc2)c1C. The number of nitrogens with zero attached hydrogens (tertiary/aromatic N) is 3. The van der Waals surface area contributed by atoms with Crippen LogP contribution in [0.3, 0.4) is 0 Å². The van der Waals surface area contributed by atoms with Crippen molar-refractivity contribution >= 4 is 17.6 Å².